The van der Waals surface area contributed by atoms with Crippen LogP contribution in [0, 0.1) is 0 Å². The fourth-order valence-electron chi connectivity index (χ4n) is 2.17. The van der Waals surface area contributed by atoms with Gasteiger partial charge in [0.15, 0.2) is 0 Å². The van der Waals surface area contributed by atoms with Gasteiger partial charge < -0.3 is 0 Å². The molecule has 17 heavy (non-hydrogen) atoms. The monoisotopic (exact) mass is 225 g/mol. The Bertz CT molecular complexity index is 304. The van der Waals surface area contributed by atoms with Crippen molar-refractivity contribution in [3.05, 3.63) is 29.8 Å². The molecule has 0 amide bonds. The number of anilines is 1. The summed E-state index contributed by atoms with van der Waals surface area (Å²) in [5, 5.41) is 1.13. The van der Waals surface area contributed by atoms with Crippen molar-refractivity contribution in [1.82, 2.24) is 0 Å². The van der Waals surface area contributed by atoms with E-state index in [2.05, 4.69) is 60.7 Å². The molecule has 1 aromatic rings. The van der Waals surface area contributed by atoms with Gasteiger partial charge in [0, 0.05) is 0 Å². The molecule has 0 radical (unpaired) electrons. The van der Waals surface area contributed by atoms with E-state index < -0.39 is 0 Å². The Morgan fingerprint density at radius 1 is 1.00 bits per heavy atom. The van der Waals surface area contributed by atoms with Crippen molar-refractivity contribution < 1.29 is 0 Å². The number of hydrogen-bond acceptors (Lipinski definition) is 1. The molecule has 0 aromatic heterocycles. The van der Waals surface area contributed by atoms with E-state index in [1.807, 2.05) is 0 Å². The van der Waals surface area contributed by atoms with E-state index in [-0.39, 0.29) is 0 Å². The zero-order valence-electron chi connectivity index (χ0n) is 11.7. The maximum atomic E-state index is 2.58. The Morgan fingerprint density at radius 3 is 2.12 bits per heavy atom. The van der Waals surface area contributed by atoms with Gasteiger partial charge in [-0.2, -0.15) is 0 Å². The molecule has 0 unspecified atom stereocenters. The van der Waals surface area contributed by atoms with Crippen LogP contribution < -0.4 is 4.90 Å². The van der Waals surface area contributed by atoms with Gasteiger partial charge in [0.2, 0.25) is 0 Å². The molecule has 2 heteroatoms. The van der Waals surface area contributed by atoms with Crippen LogP contribution in [0.4, 0.5) is 5.69 Å². The molecular weight excluding hydrogens is 201 g/mol. The fraction of sp³-hybridized carbons (Fsp3) is 0.600. The molecule has 1 nitrogen and oxygen atoms in total. The van der Waals surface area contributed by atoms with Crippen LogP contribution >= 0.6 is 0 Å². The molecule has 0 bridgehead atoms. The van der Waals surface area contributed by atoms with E-state index in [0.717, 1.165) is 5.09 Å². The van der Waals surface area contributed by atoms with Crippen LogP contribution in [0.5, 0.6) is 0 Å². The fourth-order valence-corrected chi connectivity index (χ4v) is 2.17. The molecule has 0 fully saturated rings. The van der Waals surface area contributed by atoms with Gasteiger partial charge in [0.25, 0.3) is 0 Å². The summed E-state index contributed by atoms with van der Waals surface area (Å²) in [4.78, 5) is 2.58. The number of unbranched alkanes of at least 4 members (excludes halogenated alkanes) is 2. The van der Waals surface area contributed by atoms with E-state index in [0.29, 0.717) is 0 Å². The van der Waals surface area contributed by atoms with Gasteiger partial charge in [-0.15, -0.1) is 0 Å². The van der Waals surface area contributed by atoms with Crippen molar-refractivity contribution in [1.29, 1.82) is 0 Å². The molecule has 0 aliphatic heterocycles. The van der Waals surface area contributed by atoms with Crippen LogP contribution in [0.1, 0.15) is 45.1 Å². The van der Waals surface area contributed by atoms with Gasteiger partial charge in [-0.05, 0) is 0 Å². The number of para-hydroxylation sites is 1. The first kappa shape index (κ1) is 14.7. The van der Waals surface area contributed by atoms with Crippen LogP contribution in [-0.2, 0) is 5.09 Å². The molecule has 0 saturated carbocycles. The normalized spacial score (nSPS) is 10.6. The van der Waals surface area contributed by atoms with Crippen LogP contribution in [0.15, 0.2) is 24.3 Å². The van der Waals surface area contributed by atoms with Gasteiger partial charge in [0.1, 0.15) is 0 Å². The average Bonchev–Trinajstić information content (AvgIpc) is 2.39. The summed E-state index contributed by atoms with van der Waals surface area (Å²) >= 11 is 2.25. The van der Waals surface area contributed by atoms with Crippen molar-refractivity contribution in [3.8, 4) is 0 Å². The molecule has 0 N–H and O–H groups in total. The molecule has 0 heterocycles. The number of benzene rings is 1. The Hall–Kier alpha value is -0.383. The third-order valence-electron chi connectivity index (χ3n) is 3.28. The summed E-state index contributed by atoms with van der Waals surface area (Å²) in [7, 11) is 0. The zero-order chi connectivity index (χ0) is 12.5. The number of rotatable bonds is 8. The topological polar surface area (TPSA) is 3.24 Å². The predicted molar refractivity (Wildman–Crippen MR) is 77.9 cm³/mol. The first-order valence-corrected chi connectivity index (χ1v) is 7.16. The molecule has 0 aliphatic carbocycles. The Balaban J connectivity index is 2.78. The standard InChI is InChI=1S/C15H24N.Li/c1-4-6-12-16(13-7-5-2)15-11-9-8-10-14(15)3;/h8-11H,3-7,12-13H2,1-2H3;. The molecule has 0 aliphatic rings. The summed E-state index contributed by atoms with van der Waals surface area (Å²) in [6.45, 7) is 6.94. The minimum absolute atomic E-state index is 1.13. The van der Waals surface area contributed by atoms with Crippen molar-refractivity contribution in [2.75, 3.05) is 18.0 Å². The van der Waals surface area contributed by atoms with Gasteiger partial charge >= 0.3 is 116 Å². The van der Waals surface area contributed by atoms with Crippen molar-refractivity contribution in [2.24, 2.45) is 0 Å². The third-order valence-corrected chi connectivity index (χ3v) is 3.28. The molecule has 0 atom stereocenters. The van der Waals surface area contributed by atoms with Crippen molar-refractivity contribution in [3.63, 3.8) is 0 Å². The summed E-state index contributed by atoms with van der Waals surface area (Å²) in [5.74, 6) is 0. The van der Waals surface area contributed by atoms with Crippen molar-refractivity contribution >= 4 is 23.4 Å². The van der Waals surface area contributed by atoms with E-state index in [9.17, 15) is 0 Å². The third kappa shape index (κ3) is 4.78. The van der Waals surface area contributed by atoms with Crippen LogP contribution in [0.25, 0.3) is 0 Å². The molecular formula is C15H24LiN. The van der Waals surface area contributed by atoms with E-state index in [1.165, 1.54) is 50.0 Å². The predicted octanol–water partition coefficient (Wildman–Crippen LogP) is 3.76. The summed E-state index contributed by atoms with van der Waals surface area (Å²) in [5.41, 5.74) is 2.94. The SMILES string of the molecule is [Li][CH2]c1ccccc1N(CCCC)CCCC. The Kier molecular flexibility index (Phi) is 7.49. The number of nitrogens with zero attached hydrogens (tertiary/aromatic N) is 1. The van der Waals surface area contributed by atoms with E-state index in [4.69, 9.17) is 0 Å². The summed E-state index contributed by atoms with van der Waals surface area (Å²) < 4.78 is 0. The van der Waals surface area contributed by atoms with Gasteiger partial charge in [-0.3, -0.25) is 0 Å². The van der Waals surface area contributed by atoms with Crippen LogP contribution in [-0.4, -0.2) is 30.8 Å². The Morgan fingerprint density at radius 2 is 1.59 bits per heavy atom. The first-order valence-electron chi connectivity index (χ1n) is 7.16. The van der Waals surface area contributed by atoms with Gasteiger partial charge in [-0.1, -0.05) is 0 Å². The van der Waals surface area contributed by atoms with E-state index >= 15 is 0 Å². The van der Waals surface area contributed by atoms with Crippen LogP contribution in [0.3, 0.4) is 0 Å². The van der Waals surface area contributed by atoms with Crippen LogP contribution in [0.2, 0.25) is 0 Å². The van der Waals surface area contributed by atoms with E-state index in [1.54, 1.807) is 0 Å². The second kappa shape index (κ2) is 8.67. The maximum absolute atomic E-state index is 2.58. The molecule has 0 saturated heterocycles. The van der Waals surface area contributed by atoms with Gasteiger partial charge in [-0.25, -0.2) is 0 Å². The summed E-state index contributed by atoms with van der Waals surface area (Å²) in [6, 6.07) is 8.86. The van der Waals surface area contributed by atoms with Crippen molar-refractivity contribution in [2.45, 2.75) is 44.6 Å². The molecule has 90 valence electrons. The zero-order valence-corrected chi connectivity index (χ0v) is 11.7. The van der Waals surface area contributed by atoms with Gasteiger partial charge in [0.05, 0.1) is 0 Å². The average molecular weight is 225 g/mol. The molecule has 1 rings (SSSR count). The number of hydrogen-bond donors (Lipinski definition) is 0. The molecule has 0 spiro atoms. The quantitative estimate of drug-likeness (QED) is 0.609. The minimum atomic E-state index is 1.13. The summed E-state index contributed by atoms with van der Waals surface area (Å²) in [6.07, 6.45) is 5.14. The second-order valence-corrected chi connectivity index (χ2v) is 4.68. The first-order chi connectivity index (χ1) is 8.33. The second-order valence-electron chi connectivity index (χ2n) is 4.68. The Labute approximate surface area is 116 Å². The molecule has 1 aromatic carbocycles.